The summed E-state index contributed by atoms with van der Waals surface area (Å²) in [5, 5.41) is 3.69. The normalized spacial score (nSPS) is 15.2. The van der Waals surface area contributed by atoms with Crippen molar-refractivity contribution in [3.8, 4) is 17.2 Å². The summed E-state index contributed by atoms with van der Waals surface area (Å²) in [6.07, 6.45) is 2.06. The van der Waals surface area contributed by atoms with E-state index in [1.165, 1.54) is 12.1 Å². The number of methoxy groups -OCH3 is 3. The quantitative estimate of drug-likeness (QED) is 0.590. The summed E-state index contributed by atoms with van der Waals surface area (Å²) in [5.74, 6) is 1.36. The van der Waals surface area contributed by atoms with Gasteiger partial charge >= 0.3 is 0 Å². The molecular formula is C23H24FN3O3S. The summed E-state index contributed by atoms with van der Waals surface area (Å²) >= 11 is 5.75. The average Bonchev–Trinajstić information content (AvgIpc) is 3.26. The Morgan fingerprint density at radius 1 is 1.00 bits per heavy atom. The van der Waals surface area contributed by atoms with Crippen LogP contribution in [-0.4, -0.2) is 42.5 Å². The van der Waals surface area contributed by atoms with Crippen LogP contribution in [0.25, 0.3) is 0 Å². The second-order valence-electron chi connectivity index (χ2n) is 7.12. The lowest BCUT2D eigenvalue weighted by atomic mass is 9.99. The molecule has 0 unspecified atom stereocenters. The molecule has 1 N–H and O–H groups in total. The summed E-state index contributed by atoms with van der Waals surface area (Å²) in [4.78, 5) is 2.09. The van der Waals surface area contributed by atoms with Gasteiger partial charge in [-0.05, 0) is 60.2 Å². The zero-order valence-corrected chi connectivity index (χ0v) is 18.4. The highest BCUT2D eigenvalue weighted by atomic mass is 32.1. The molecule has 4 rings (SSSR count). The van der Waals surface area contributed by atoms with Crippen molar-refractivity contribution in [1.29, 1.82) is 0 Å². The van der Waals surface area contributed by atoms with Crippen LogP contribution in [0.2, 0.25) is 0 Å². The Hall–Kier alpha value is -3.26. The van der Waals surface area contributed by atoms with E-state index < -0.39 is 0 Å². The summed E-state index contributed by atoms with van der Waals surface area (Å²) in [5.41, 5.74) is 2.64. The van der Waals surface area contributed by atoms with E-state index in [2.05, 4.69) is 27.0 Å². The standard InChI is InChI=1S/C23H24FN3O3S/c1-28-19-12-15(13-20(29-2)22(19)30-3)21-18-8-5-9-26(18)10-11-27(21)23(31)25-17-7-4-6-16(24)14-17/h4-9,12-14,21H,10-11H2,1-3H3,(H,25,31)/t21-/m0/s1. The largest absolute Gasteiger partial charge is 0.493 e. The van der Waals surface area contributed by atoms with E-state index in [-0.39, 0.29) is 11.9 Å². The monoisotopic (exact) mass is 441 g/mol. The van der Waals surface area contributed by atoms with Crippen LogP contribution in [-0.2, 0) is 6.54 Å². The SMILES string of the molecule is COc1cc([C@H]2c3cccn3CCN2C(=S)Nc2cccc(F)c2)cc(OC)c1OC. The van der Waals surface area contributed by atoms with Crippen LogP contribution in [0.4, 0.5) is 10.1 Å². The van der Waals surface area contributed by atoms with Gasteiger partial charge in [0.1, 0.15) is 5.82 Å². The third-order valence-electron chi connectivity index (χ3n) is 5.38. The lowest BCUT2D eigenvalue weighted by molar-refractivity contribution is 0.288. The molecule has 2 aromatic carbocycles. The fraction of sp³-hybridized carbons (Fsp3) is 0.261. The van der Waals surface area contributed by atoms with Gasteiger partial charge in [0.05, 0.1) is 27.4 Å². The van der Waals surface area contributed by atoms with Crippen molar-refractivity contribution >= 4 is 23.0 Å². The van der Waals surface area contributed by atoms with Crippen molar-refractivity contribution in [3.05, 3.63) is 71.8 Å². The molecule has 1 atom stereocenters. The third-order valence-corrected chi connectivity index (χ3v) is 5.71. The highest BCUT2D eigenvalue weighted by Crippen LogP contribution is 2.43. The molecule has 1 aliphatic rings. The van der Waals surface area contributed by atoms with E-state index >= 15 is 0 Å². The van der Waals surface area contributed by atoms with Gasteiger partial charge in [-0.3, -0.25) is 0 Å². The highest BCUT2D eigenvalue weighted by molar-refractivity contribution is 7.80. The van der Waals surface area contributed by atoms with E-state index in [0.29, 0.717) is 34.6 Å². The minimum absolute atomic E-state index is 0.189. The summed E-state index contributed by atoms with van der Waals surface area (Å²) in [6.45, 7) is 1.47. The number of ether oxygens (including phenoxy) is 3. The molecule has 6 nitrogen and oxygen atoms in total. The second kappa shape index (κ2) is 8.85. The molecule has 0 spiro atoms. The van der Waals surface area contributed by atoms with Crippen LogP contribution in [0.1, 0.15) is 17.3 Å². The van der Waals surface area contributed by atoms with Crippen molar-refractivity contribution in [2.75, 3.05) is 33.2 Å². The molecule has 8 heteroatoms. The molecule has 0 saturated carbocycles. The lowest BCUT2D eigenvalue weighted by Gasteiger charge is -2.39. The molecule has 0 bridgehead atoms. The topological polar surface area (TPSA) is 47.9 Å². The number of rotatable bonds is 5. The molecule has 3 aromatic rings. The Labute approximate surface area is 186 Å². The first kappa shape index (κ1) is 21.0. The number of aromatic nitrogens is 1. The Morgan fingerprint density at radius 2 is 1.74 bits per heavy atom. The van der Waals surface area contributed by atoms with Crippen molar-refractivity contribution in [3.63, 3.8) is 0 Å². The smallest absolute Gasteiger partial charge is 0.203 e. The summed E-state index contributed by atoms with van der Waals surface area (Å²) in [6, 6.07) is 14.0. The number of anilines is 1. The molecule has 162 valence electrons. The maximum absolute atomic E-state index is 13.7. The Balaban J connectivity index is 1.76. The van der Waals surface area contributed by atoms with Crippen LogP contribution < -0.4 is 19.5 Å². The predicted molar refractivity (Wildman–Crippen MR) is 122 cm³/mol. The van der Waals surface area contributed by atoms with Crippen molar-refractivity contribution in [2.45, 2.75) is 12.6 Å². The molecule has 1 aromatic heterocycles. The number of hydrogen-bond donors (Lipinski definition) is 1. The number of benzene rings is 2. The zero-order valence-electron chi connectivity index (χ0n) is 17.6. The molecule has 0 amide bonds. The van der Waals surface area contributed by atoms with Gasteiger partial charge in [-0.25, -0.2) is 4.39 Å². The van der Waals surface area contributed by atoms with Gasteiger partial charge in [0.2, 0.25) is 5.75 Å². The average molecular weight is 442 g/mol. The number of thiocarbonyl (C=S) groups is 1. The van der Waals surface area contributed by atoms with Gasteiger partial charge in [-0.1, -0.05) is 6.07 Å². The van der Waals surface area contributed by atoms with Crippen molar-refractivity contribution < 1.29 is 18.6 Å². The molecule has 0 saturated heterocycles. The first-order valence-corrected chi connectivity index (χ1v) is 10.2. The number of fused-ring (bicyclic) bond motifs is 1. The van der Waals surface area contributed by atoms with Gasteiger partial charge in [-0.15, -0.1) is 0 Å². The maximum atomic E-state index is 13.7. The summed E-state index contributed by atoms with van der Waals surface area (Å²) < 4.78 is 32.5. The van der Waals surface area contributed by atoms with E-state index in [1.54, 1.807) is 33.5 Å². The minimum Gasteiger partial charge on any atom is -0.493 e. The van der Waals surface area contributed by atoms with E-state index in [9.17, 15) is 4.39 Å². The number of halogens is 1. The fourth-order valence-corrected chi connectivity index (χ4v) is 4.29. The predicted octanol–water partition coefficient (Wildman–Crippen LogP) is 4.46. The first-order valence-electron chi connectivity index (χ1n) is 9.84. The Kier molecular flexibility index (Phi) is 5.99. The second-order valence-corrected chi connectivity index (χ2v) is 7.51. The van der Waals surface area contributed by atoms with E-state index in [0.717, 1.165) is 17.8 Å². The molecule has 31 heavy (non-hydrogen) atoms. The molecular weight excluding hydrogens is 417 g/mol. The Morgan fingerprint density at radius 3 is 2.39 bits per heavy atom. The van der Waals surface area contributed by atoms with Gasteiger partial charge in [-0.2, -0.15) is 0 Å². The highest BCUT2D eigenvalue weighted by Gasteiger charge is 2.32. The lowest BCUT2D eigenvalue weighted by Crippen LogP contribution is -2.44. The zero-order chi connectivity index (χ0) is 22.0. The van der Waals surface area contributed by atoms with E-state index in [1.807, 2.05) is 18.2 Å². The van der Waals surface area contributed by atoms with Gasteiger partial charge in [0.25, 0.3) is 0 Å². The molecule has 1 aliphatic heterocycles. The first-order chi connectivity index (χ1) is 15.0. The molecule has 0 aliphatic carbocycles. The molecule has 0 fully saturated rings. The Bertz CT molecular complexity index is 1080. The van der Waals surface area contributed by atoms with Crippen LogP contribution in [0, 0.1) is 5.82 Å². The minimum atomic E-state index is -0.318. The van der Waals surface area contributed by atoms with Gasteiger partial charge in [0, 0.05) is 30.7 Å². The summed E-state index contributed by atoms with van der Waals surface area (Å²) in [7, 11) is 4.77. The van der Waals surface area contributed by atoms with Crippen molar-refractivity contribution in [1.82, 2.24) is 9.47 Å². The van der Waals surface area contributed by atoms with Crippen LogP contribution in [0.15, 0.2) is 54.7 Å². The number of hydrogen-bond acceptors (Lipinski definition) is 4. The van der Waals surface area contributed by atoms with Gasteiger partial charge < -0.3 is 29.0 Å². The number of nitrogens with one attached hydrogen (secondary N) is 1. The van der Waals surface area contributed by atoms with Crippen LogP contribution in [0.3, 0.4) is 0 Å². The van der Waals surface area contributed by atoms with Gasteiger partial charge in [0.15, 0.2) is 16.6 Å². The molecule has 2 heterocycles. The molecule has 0 radical (unpaired) electrons. The van der Waals surface area contributed by atoms with Crippen LogP contribution in [0.5, 0.6) is 17.2 Å². The number of nitrogens with zero attached hydrogens (tertiary/aromatic N) is 2. The third kappa shape index (κ3) is 4.03. The van der Waals surface area contributed by atoms with Crippen molar-refractivity contribution in [2.24, 2.45) is 0 Å². The fourth-order valence-electron chi connectivity index (χ4n) is 3.97. The van der Waals surface area contributed by atoms with Crippen LogP contribution >= 0.6 is 12.2 Å². The maximum Gasteiger partial charge on any atom is 0.203 e. The van der Waals surface area contributed by atoms with E-state index in [4.69, 9.17) is 26.4 Å².